The first kappa shape index (κ1) is 12.3. The van der Waals surface area contributed by atoms with Gasteiger partial charge in [-0.25, -0.2) is 4.79 Å². The van der Waals surface area contributed by atoms with E-state index >= 15 is 0 Å². The third-order valence-corrected chi connectivity index (χ3v) is 3.08. The van der Waals surface area contributed by atoms with Gasteiger partial charge in [-0.2, -0.15) is 5.10 Å². The van der Waals surface area contributed by atoms with Crippen LogP contribution in [0.25, 0.3) is 17.2 Å². The number of nitrogens with zero attached hydrogens (tertiary/aromatic N) is 5. The van der Waals surface area contributed by atoms with Gasteiger partial charge in [0.1, 0.15) is 5.69 Å². The second kappa shape index (κ2) is 4.44. The lowest BCUT2D eigenvalue weighted by molar-refractivity contribution is 0.0696. The van der Waals surface area contributed by atoms with Gasteiger partial charge in [0.2, 0.25) is 0 Å². The standard InChI is InChI=1S/C13H13N5O2/c1-3-18-10(6-8(2)16-18)12-15-14-11-5-4-9(13(19)20)7-17(11)12/h4-7H,3H2,1-2H3,(H,19,20). The van der Waals surface area contributed by atoms with Crippen molar-refractivity contribution in [1.82, 2.24) is 24.4 Å². The van der Waals surface area contributed by atoms with Crippen molar-refractivity contribution >= 4 is 11.6 Å². The number of carboxylic acids is 1. The van der Waals surface area contributed by atoms with Gasteiger partial charge in [0.05, 0.1) is 11.3 Å². The largest absolute Gasteiger partial charge is 0.478 e. The maximum atomic E-state index is 11.1. The van der Waals surface area contributed by atoms with Crippen molar-refractivity contribution in [1.29, 1.82) is 0 Å². The topological polar surface area (TPSA) is 85.3 Å². The fourth-order valence-corrected chi connectivity index (χ4v) is 2.16. The molecule has 0 amide bonds. The molecule has 0 spiro atoms. The Morgan fingerprint density at radius 3 is 2.85 bits per heavy atom. The number of fused-ring (bicyclic) bond motifs is 1. The molecule has 0 aliphatic heterocycles. The number of carbonyl (C=O) groups is 1. The molecule has 0 aliphatic rings. The van der Waals surface area contributed by atoms with Gasteiger partial charge in [-0.1, -0.05) is 0 Å². The van der Waals surface area contributed by atoms with Crippen LogP contribution in [0.5, 0.6) is 0 Å². The van der Waals surface area contributed by atoms with E-state index in [4.69, 9.17) is 5.11 Å². The van der Waals surface area contributed by atoms with Gasteiger partial charge in [-0.3, -0.25) is 9.08 Å². The van der Waals surface area contributed by atoms with Crippen LogP contribution in [-0.4, -0.2) is 35.5 Å². The quantitative estimate of drug-likeness (QED) is 0.782. The van der Waals surface area contributed by atoms with Crippen molar-refractivity contribution in [2.24, 2.45) is 0 Å². The summed E-state index contributed by atoms with van der Waals surface area (Å²) in [6, 6.07) is 5.06. The molecular weight excluding hydrogens is 258 g/mol. The number of hydrogen-bond donors (Lipinski definition) is 1. The predicted molar refractivity (Wildman–Crippen MR) is 71.6 cm³/mol. The van der Waals surface area contributed by atoms with Gasteiger partial charge >= 0.3 is 5.97 Å². The highest BCUT2D eigenvalue weighted by atomic mass is 16.4. The molecule has 0 radical (unpaired) electrons. The van der Waals surface area contributed by atoms with Crippen LogP contribution in [0.15, 0.2) is 24.4 Å². The summed E-state index contributed by atoms with van der Waals surface area (Å²) in [7, 11) is 0. The maximum Gasteiger partial charge on any atom is 0.337 e. The molecule has 102 valence electrons. The minimum atomic E-state index is -0.980. The molecular formula is C13H13N5O2. The summed E-state index contributed by atoms with van der Waals surface area (Å²) < 4.78 is 3.49. The number of aromatic carboxylic acids is 1. The third kappa shape index (κ3) is 1.83. The molecule has 3 heterocycles. The Morgan fingerprint density at radius 1 is 1.35 bits per heavy atom. The smallest absolute Gasteiger partial charge is 0.337 e. The number of aryl methyl sites for hydroxylation is 2. The van der Waals surface area contributed by atoms with E-state index in [1.807, 2.05) is 24.6 Å². The number of rotatable bonds is 3. The molecule has 0 aliphatic carbocycles. The van der Waals surface area contributed by atoms with Gasteiger partial charge in [0.15, 0.2) is 11.5 Å². The van der Waals surface area contributed by atoms with Crippen LogP contribution in [0.1, 0.15) is 23.0 Å². The first-order valence-corrected chi connectivity index (χ1v) is 6.23. The molecule has 0 bridgehead atoms. The number of carboxylic acid groups (broad SMARTS) is 1. The molecule has 0 unspecified atom stereocenters. The first-order chi connectivity index (χ1) is 9.60. The molecule has 0 atom stereocenters. The van der Waals surface area contributed by atoms with Crippen molar-refractivity contribution in [2.45, 2.75) is 20.4 Å². The summed E-state index contributed by atoms with van der Waals surface area (Å²) >= 11 is 0. The minimum absolute atomic E-state index is 0.192. The lowest BCUT2D eigenvalue weighted by atomic mass is 10.3. The molecule has 20 heavy (non-hydrogen) atoms. The van der Waals surface area contributed by atoms with E-state index in [2.05, 4.69) is 15.3 Å². The zero-order valence-corrected chi connectivity index (χ0v) is 11.1. The van der Waals surface area contributed by atoms with Crippen LogP contribution in [0.4, 0.5) is 0 Å². The van der Waals surface area contributed by atoms with E-state index in [1.165, 1.54) is 12.3 Å². The van der Waals surface area contributed by atoms with Crippen LogP contribution < -0.4 is 0 Å². The molecule has 7 nitrogen and oxygen atoms in total. The molecule has 0 saturated carbocycles. The zero-order valence-electron chi connectivity index (χ0n) is 11.1. The Morgan fingerprint density at radius 2 is 2.15 bits per heavy atom. The van der Waals surface area contributed by atoms with Crippen molar-refractivity contribution in [2.75, 3.05) is 0 Å². The normalized spacial score (nSPS) is 11.1. The summed E-state index contributed by atoms with van der Waals surface area (Å²) in [5.41, 5.74) is 2.50. The Balaban J connectivity index is 2.25. The summed E-state index contributed by atoms with van der Waals surface area (Å²) in [5.74, 6) is -0.391. The van der Waals surface area contributed by atoms with Crippen LogP contribution in [0.3, 0.4) is 0 Å². The van der Waals surface area contributed by atoms with Gasteiger partial charge in [0, 0.05) is 12.7 Å². The summed E-state index contributed by atoms with van der Waals surface area (Å²) in [6.45, 7) is 4.60. The molecule has 1 N–H and O–H groups in total. The Hall–Kier alpha value is -2.70. The molecule has 0 aromatic carbocycles. The van der Waals surface area contributed by atoms with Crippen LogP contribution in [0.2, 0.25) is 0 Å². The maximum absolute atomic E-state index is 11.1. The highest BCUT2D eigenvalue weighted by Crippen LogP contribution is 2.20. The number of hydrogen-bond acceptors (Lipinski definition) is 4. The summed E-state index contributed by atoms with van der Waals surface area (Å²) in [5, 5.41) is 21.7. The van der Waals surface area contributed by atoms with Crippen molar-refractivity contribution in [3.05, 3.63) is 35.7 Å². The van der Waals surface area contributed by atoms with Crippen LogP contribution in [-0.2, 0) is 6.54 Å². The summed E-state index contributed by atoms with van der Waals surface area (Å²) in [6.07, 6.45) is 1.52. The van der Waals surface area contributed by atoms with Crippen molar-refractivity contribution < 1.29 is 9.90 Å². The van der Waals surface area contributed by atoms with Gasteiger partial charge < -0.3 is 5.11 Å². The Kier molecular flexibility index (Phi) is 2.74. The molecule has 0 saturated heterocycles. The van der Waals surface area contributed by atoms with Crippen molar-refractivity contribution in [3.63, 3.8) is 0 Å². The number of aromatic nitrogens is 5. The van der Waals surface area contributed by atoms with E-state index in [9.17, 15) is 4.79 Å². The first-order valence-electron chi connectivity index (χ1n) is 6.23. The van der Waals surface area contributed by atoms with E-state index in [1.54, 1.807) is 10.5 Å². The van der Waals surface area contributed by atoms with Crippen molar-refractivity contribution in [3.8, 4) is 11.5 Å². The SMILES string of the molecule is CCn1nc(C)cc1-c1nnc2ccc(C(=O)O)cn12. The van der Waals surface area contributed by atoms with E-state index < -0.39 is 5.97 Å². The Bertz CT molecular complexity index is 802. The van der Waals surface area contributed by atoms with Crippen LogP contribution in [0, 0.1) is 6.92 Å². The highest BCUT2D eigenvalue weighted by molar-refractivity contribution is 5.87. The van der Waals surface area contributed by atoms with E-state index in [-0.39, 0.29) is 5.56 Å². The van der Waals surface area contributed by atoms with Gasteiger partial charge in [-0.15, -0.1) is 10.2 Å². The lowest BCUT2D eigenvalue weighted by Gasteiger charge is -2.03. The minimum Gasteiger partial charge on any atom is -0.478 e. The molecule has 3 aromatic heterocycles. The predicted octanol–water partition coefficient (Wildman–Crippen LogP) is 1.62. The Labute approximate surface area is 114 Å². The summed E-state index contributed by atoms with van der Waals surface area (Å²) in [4.78, 5) is 11.1. The fraction of sp³-hybridized carbons (Fsp3) is 0.231. The molecule has 3 aromatic rings. The monoisotopic (exact) mass is 271 g/mol. The van der Waals surface area contributed by atoms with Crippen LogP contribution >= 0.6 is 0 Å². The van der Waals surface area contributed by atoms with E-state index in [0.717, 1.165) is 11.4 Å². The van der Waals surface area contributed by atoms with Gasteiger partial charge in [0.25, 0.3) is 0 Å². The second-order valence-corrected chi connectivity index (χ2v) is 4.46. The van der Waals surface area contributed by atoms with Gasteiger partial charge in [-0.05, 0) is 32.0 Å². The molecule has 3 rings (SSSR count). The highest BCUT2D eigenvalue weighted by Gasteiger charge is 2.15. The zero-order chi connectivity index (χ0) is 14.3. The lowest BCUT2D eigenvalue weighted by Crippen LogP contribution is -2.03. The fourth-order valence-electron chi connectivity index (χ4n) is 2.16. The average molecular weight is 271 g/mol. The van der Waals surface area contributed by atoms with E-state index in [0.29, 0.717) is 18.0 Å². The number of pyridine rings is 1. The molecule has 0 fully saturated rings. The third-order valence-electron chi connectivity index (χ3n) is 3.08. The average Bonchev–Trinajstić information content (AvgIpc) is 3.00. The molecule has 7 heteroatoms. The second-order valence-electron chi connectivity index (χ2n) is 4.46.